The minimum atomic E-state index is -0.632. The number of nitrogens with zero attached hydrogens (tertiary/aromatic N) is 4. The average molecular weight is 295 g/mol. The lowest BCUT2D eigenvalue weighted by Crippen LogP contribution is -2.29. The van der Waals surface area contributed by atoms with E-state index in [1.54, 1.807) is 36.5 Å². The Morgan fingerprint density at radius 3 is 2.45 bits per heavy atom. The molecule has 0 bridgehead atoms. The summed E-state index contributed by atoms with van der Waals surface area (Å²) in [6.07, 6.45) is 1.61. The van der Waals surface area contributed by atoms with Crippen LogP contribution in [0.15, 0.2) is 59.5 Å². The first-order valence-corrected chi connectivity index (χ1v) is 6.62. The number of carbonyl (C=O) groups is 1. The van der Waals surface area contributed by atoms with Crippen LogP contribution in [0.1, 0.15) is 0 Å². The SMILES string of the molecule is NC(=O)Cn1nc(-c2ccccn2)n(-c2ccccc2)c1=O. The molecule has 2 heterocycles. The lowest BCUT2D eigenvalue weighted by atomic mass is 10.3. The quantitative estimate of drug-likeness (QED) is 0.761. The van der Waals surface area contributed by atoms with Crippen LogP contribution in [0.25, 0.3) is 17.2 Å². The lowest BCUT2D eigenvalue weighted by molar-refractivity contribution is -0.118. The second-order valence-electron chi connectivity index (χ2n) is 4.62. The van der Waals surface area contributed by atoms with Crippen molar-refractivity contribution in [3.63, 3.8) is 0 Å². The third kappa shape index (κ3) is 2.51. The number of para-hydroxylation sites is 1. The van der Waals surface area contributed by atoms with Crippen LogP contribution in [0.2, 0.25) is 0 Å². The van der Waals surface area contributed by atoms with Gasteiger partial charge in [0.2, 0.25) is 5.91 Å². The lowest BCUT2D eigenvalue weighted by Gasteiger charge is -2.04. The molecule has 0 spiro atoms. The number of hydrogen-bond acceptors (Lipinski definition) is 4. The number of amides is 1. The van der Waals surface area contributed by atoms with Crippen molar-refractivity contribution in [1.29, 1.82) is 0 Å². The minimum absolute atomic E-state index is 0.279. The maximum atomic E-state index is 12.5. The van der Waals surface area contributed by atoms with Gasteiger partial charge in [-0.25, -0.2) is 14.0 Å². The maximum Gasteiger partial charge on any atom is 0.351 e. The molecule has 0 aliphatic heterocycles. The van der Waals surface area contributed by atoms with Gasteiger partial charge in [0.05, 0.1) is 5.69 Å². The van der Waals surface area contributed by atoms with Crippen molar-refractivity contribution in [3.05, 3.63) is 65.2 Å². The van der Waals surface area contributed by atoms with E-state index in [4.69, 9.17) is 5.73 Å². The average Bonchev–Trinajstić information content (AvgIpc) is 2.85. The first-order chi connectivity index (χ1) is 10.7. The Balaban J connectivity index is 2.24. The van der Waals surface area contributed by atoms with Crippen LogP contribution in [0.4, 0.5) is 0 Å². The van der Waals surface area contributed by atoms with Crippen molar-refractivity contribution >= 4 is 5.91 Å². The van der Waals surface area contributed by atoms with Crippen molar-refractivity contribution in [2.75, 3.05) is 0 Å². The van der Waals surface area contributed by atoms with Crippen LogP contribution in [0, 0.1) is 0 Å². The molecule has 1 amide bonds. The van der Waals surface area contributed by atoms with E-state index < -0.39 is 11.6 Å². The third-order valence-corrected chi connectivity index (χ3v) is 3.05. The summed E-state index contributed by atoms with van der Waals surface area (Å²) in [6, 6.07) is 14.4. The fraction of sp³-hybridized carbons (Fsp3) is 0.0667. The predicted octanol–water partition coefficient (Wildman–Crippen LogP) is 0.581. The van der Waals surface area contributed by atoms with Crippen LogP contribution >= 0.6 is 0 Å². The monoisotopic (exact) mass is 295 g/mol. The fourth-order valence-electron chi connectivity index (χ4n) is 2.13. The van der Waals surface area contributed by atoms with E-state index in [2.05, 4.69) is 10.1 Å². The van der Waals surface area contributed by atoms with Gasteiger partial charge in [-0.1, -0.05) is 24.3 Å². The van der Waals surface area contributed by atoms with Crippen LogP contribution in [0.5, 0.6) is 0 Å². The summed E-state index contributed by atoms with van der Waals surface area (Å²) in [7, 11) is 0. The van der Waals surface area contributed by atoms with Crippen molar-refractivity contribution < 1.29 is 4.79 Å². The zero-order chi connectivity index (χ0) is 15.5. The molecule has 1 aromatic carbocycles. The molecule has 0 fully saturated rings. The number of pyridine rings is 1. The molecule has 0 unspecified atom stereocenters. The molecule has 7 nitrogen and oxygen atoms in total. The molecule has 22 heavy (non-hydrogen) atoms. The largest absolute Gasteiger partial charge is 0.368 e. The van der Waals surface area contributed by atoms with Gasteiger partial charge in [-0.15, -0.1) is 5.10 Å². The van der Waals surface area contributed by atoms with Gasteiger partial charge in [0.1, 0.15) is 12.2 Å². The van der Waals surface area contributed by atoms with E-state index in [9.17, 15) is 9.59 Å². The summed E-state index contributed by atoms with van der Waals surface area (Å²) in [5, 5.41) is 4.20. The van der Waals surface area contributed by atoms with Crippen LogP contribution < -0.4 is 11.4 Å². The number of benzene rings is 1. The molecule has 3 aromatic rings. The number of rotatable bonds is 4. The van der Waals surface area contributed by atoms with Gasteiger partial charge in [0, 0.05) is 6.20 Å². The Labute approximate surface area is 125 Å². The molecule has 2 N–H and O–H groups in total. The Kier molecular flexibility index (Phi) is 3.53. The third-order valence-electron chi connectivity index (χ3n) is 3.05. The van der Waals surface area contributed by atoms with Gasteiger partial charge in [0.25, 0.3) is 0 Å². The maximum absolute atomic E-state index is 12.5. The van der Waals surface area contributed by atoms with E-state index >= 15 is 0 Å². The highest BCUT2D eigenvalue weighted by molar-refractivity contribution is 5.73. The van der Waals surface area contributed by atoms with Crippen molar-refractivity contribution in [1.82, 2.24) is 19.3 Å². The molecular weight excluding hydrogens is 282 g/mol. The number of carbonyl (C=O) groups excluding carboxylic acids is 1. The Morgan fingerprint density at radius 2 is 1.82 bits per heavy atom. The molecule has 2 aromatic heterocycles. The first-order valence-electron chi connectivity index (χ1n) is 6.62. The Bertz CT molecular complexity index is 853. The topological polar surface area (TPSA) is 95.8 Å². The highest BCUT2D eigenvalue weighted by Gasteiger charge is 2.18. The van der Waals surface area contributed by atoms with E-state index in [0.717, 1.165) is 4.68 Å². The minimum Gasteiger partial charge on any atom is -0.368 e. The van der Waals surface area contributed by atoms with E-state index in [1.807, 2.05) is 18.2 Å². The normalized spacial score (nSPS) is 10.5. The van der Waals surface area contributed by atoms with Gasteiger partial charge in [-0.05, 0) is 24.3 Å². The van der Waals surface area contributed by atoms with Gasteiger partial charge < -0.3 is 5.73 Å². The van der Waals surface area contributed by atoms with Crippen LogP contribution in [0.3, 0.4) is 0 Å². The van der Waals surface area contributed by atoms with E-state index in [-0.39, 0.29) is 6.54 Å². The number of nitrogens with two attached hydrogens (primary N) is 1. The van der Waals surface area contributed by atoms with Gasteiger partial charge >= 0.3 is 5.69 Å². The molecule has 0 aliphatic carbocycles. The summed E-state index contributed by atoms with van der Waals surface area (Å²) in [5.74, 6) is -0.273. The first kappa shape index (κ1) is 13.7. The Morgan fingerprint density at radius 1 is 1.09 bits per heavy atom. The molecule has 0 aliphatic rings. The van der Waals surface area contributed by atoms with E-state index in [1.165, 1.54) is 4.57 Å². The summed E-state index contributed by atoms with van der Waals surface area (Å²) >= 11 is 0. The number of primary amides is 1. The van der Waals surface area contributed by atoms with Crippen molar-refractivity contribution in [2.45, 2.75) is 6.54 Å². The second-order valence-corrected chi connectivity index (χ2v) is 4.62. The summed E-state index contributed by atoms with van der Waals surface area (Å²) in [4.78, 5) is 27.9. The zero-order valence-electron chi connectivity index (χ0n) is 11.6. The van der Waals surface area contributed by atoms with Gasteiger partial charge in [-0.3, -0.25) is 9.78 Å². The highest BCUT2D eigenvalue weighted by Crippen LogP contribution is 2.16. The highest BCUT2D eigenvalue weighted by atomic mass is 16.2. The molecular formula is C15H13N5O2. The van der Waals surface area contributed by atoms with E-state index in [0.29, 0.717) is 17.2 Å². The van der Waals surface area contributed by atoms with Crippen molar-refractivity contribution in [2.24, 2.45) is 5.73 Å². The molecule has 7 heteroatoms. The van der Waals surface area contributed by atoms with Crippen LogP contribution in [-0.2, 0) is 11.3 Å². The molecule has 110 valence electrons. The fourth-order valence-corrected chi connectivity index (χ4v) is 2.13. The molecule has 0 saturated heterocycles. The Hall–Kier alpha value is -3.22. The number of aromatic nitrogens is 4. The standard InChI is InChI=1S/C15H13N5O2/c16-13(21)10-19-15(22)20(11-6-2-1-3-7-11)14(18-19)12-8-4-5-9-17-12/h1-9H,10H2,(H2,16,21). The molecule has 0 radical (unpaired) electrons. The van der Waals surface area contributed by atoms with Crippen LogP contribution in [-0.4, -0.2) is 25.2 Å². The molecule has 0 saturated carbocycles. The van der Waals surface area contributed by atoms with Gasteiger partial charge in [-0.2, -0.15) is 0 Å². The van der Waals surface area contributed by atoms with Gasteiger partial charge in [0.15, 0.2) is 5.82 Å². The summed E-state index contributed by atoms with van der Waals surface area (Å²) < 4.78 is 2.45. The molecule has 3 rings (SSSR count). The summed E-state index contributed by atoms with van der Waals surface area (Å²) in [5.41, 5.74) is 5.90. The predicted molar refractivity (Wildman–Crippen MR) is 80.2 cm³/mol. The smallest absolute Gasteiger partial charge is 0.351 e. The van der Waals surface area contributed by atoms with Crippen molar-refractivity contribution in [3.8, 4) is 17.2 Å². The zero-order valence-corrected chi connectivity index (χ0v) is 11.6. The second kappa shape index (κ2) is 5.65. The number of hydrogen-bond donors (Lipinski definition) is 1. The molecule has 0 atom stereocenters. The summed E-state index contributed by atoms with van der Waals surface area (Å²) in [6.45, 7) is -0.279.